The van der Waals surface area contributed by atoms with Crippen molar-refractivity contribution in [2.24, 2.45) is 0 Å². The Bertz CT molecular complexity index is 1600. The first-order valence-electron chi connectivity index (χ1n) is 21.2. The fourth-order valence-corrected chi connectivity index (χ4v) is 8.88. The maximum absolute atomic E-state index is 11.6. The Kier molecular flexibility index (Phi) is 14.7. The fraction of sp³-hybridized carbons (Fsp3) is 0.500. The highest BCUT2D eigenvalue weighted by Gasteiger charge is 2.29. The van der Waals surface area contributed by atoms with E-state index in [2.05, 4.69) is 27.7 Å². The summed E-state index contributed by atoms with van der Waals surface area (Å²) in [5.41, 5.74) is 7.61. The van der Waals surface area contributed by atoms with Gasteiger partial charge in [-0.3, -0.25) is 0 Å². The molecule has 0 spiro atoms. The molecule has 304 valence electrons. The number of rotatable bonds is 16. The van der Waals surface area contributed by atoms with Crippen LogP contribution in [0.25, 0.3) is 0 Å². The third-order valence-corrected chi connectivity index (χ3v) is 12.0. The van der Waals surface area contributed by atoms with E-state index < -0.39 is 0 Å². The van der Waals surface area contributed by atoms with Gasteiger partial charge in [-0.15, -0.1) is 0 Å². The van der Waals surface area contributed by atoms with Crippen molar-refractivity contribution in [3.05, 3.63) is 91.0 Å². The zero-order chi connectivity index (χ0) is 40.5. The molecule has 0 amide bonds. The largest absolute Gasteiger partial charge is 0.508 e. The van der Waals surface area contributed by atoms with Gasteiger partial charge < -0.3 is 40.9 Å². The van der Waals surface area contributed by atoms with E-state index in [9.17, 15) is 40.9 Å². The molecule has 4 aromatic rings. The van der Waals surface area contributed by atoms with Crippen LogP contribution in [-0.4, -0.2) is 40.9 Å². The molecular formula is C48H64O8. The molecule has 0 aromatic heterocycles. The number of fused-ring (bicyclic) bond motifs is 8. The second-order valence-electron chi connectivity index (χ2n) is 15.9. The zero-order valence-corrected chi connectivity index (χ0v) is 34.0. The maximum atomic E-state index is 11.6. The number of benzene rings is 4. The smallest absolute Gasteiger partial charge is 0.123 e. The van der Waals surface area contributed by atoms with E-state index in [1.165, 1.54) is 24.3 Å². The highest BCUT2D eigenvalue weighted by Crippen LogP contribution is 2.46. The molecule has 1 aliphatic rings. The first kappa shape index (κ1) is 42.4. The normalized spacial score (nSPS) is 12.6. The average Bonchev–Trinajstić information content (AvgIpc) is 3.14. The van der Waals surface area contributed by atoms with Crippen molar-refractivity contribution < 1.29 is 40.9 Å². The number of aromatic hydroxyl groups is 8. The van der Waals surface area contributed by atoms with E-state index in [-0.39, 0.29) is 71.7 Å². The van der Waals surface area contributed by atoms with Crippen molar-refractivity contribution in [1.82, 2.24) is 0 Å². The van der Waals surface area contributed by atoms with Crippen LogP contribution in [0.5, 0.6) is 46.0 Å². The topological polar surface area (TPSA) is 162 Å². The lowest BCUT2D eigenvalue weighted by molar-refractivity contribution is 0.433. The molecule has 0 radical (unpaired) electrons. The summed E-state index contributed by atoms with van der Waals surface area (Å²) in [5, 5.41) is 93.2. The van der Waals surface area contributed by atoms with Crippen molar-refractivity contribution >= 4 is 0 Å². The molecule has 0 atom stereocenters. The van der Waals surface area contributed by atoms with Crippen LogP contribution in [-0.2, 0) is 51.4 Å². The molecule has 0 fully saturated rings. The third kappa shape index (κ3) is 9.28. The second-order valence-corrected chi connectivity index (χ2v) is 15.9. The standard InChI is InChI=1S/C48H64O8/c1-5-9-13-17-29-33-21-35-30(18-14-10-6-2)37(45(53)26-43(35)51)23-39-32(20-16-12-8-4)40(48(56)28-47(39)55)24-38-31(19-15-11-7-3)36(44(52)27-46(38)54)22-34(29)42(50)25-41(33)49/h25-28,49-56H,5-24H2,1-4H3. The lowest BCUT2D eigenvalue weighted by Gasteiger charge is -2.26. The van der Waals surface area contributed by atoms with Crippen LogP contribution in [0.2, 0.25) is 0 Å². The van der Waals surface area contributed by atoms with Gasteiger partial charge in [0, 0.05) is 94.5 Å². The highest BCUT2D eigenvalue weighted by atomic mass is 16.3. The Morgan fingerprint density at radius 2 is 0.446 bits per heavy atom. The van der Waals surface area contributed by atoms with Gasteiger partial charge in [0.25, 0.3) is 0 Å². The van der Waals surface area contributed by atoms with Crippen molar-refractivity contribution in [2.45, 2.75) is 156 Å². The van der Waals surface area contributed by atoms with Crippen LogP contribution in [0, 0.1) is 0 Å². The van der Waals surface area contributed by atoms with Crippen molar-refractivity contribution in [1.29, 1.82) is 0 Å². The van der Waals surface area contributed by atoms with Gasteiger partial charge in [0.2, 0.25) is 0 Å². The molecule has 0 saturated heterocycles. The molecule has 56 heavy (non-hydrogen) atoms. The molecule has 0 saturated carbocycles. The number of hydrogen-bond donors (Lipinski definition) is 8. The van der Waals surface area contributed by atoms with Crippen molar-refractivity contribution in [2.75, 3.05) is 0 Å². The fourth-order valence-electron chi connectivity index (χ4n) is 8.88. The van der Waals surface area contributed by atoms with Gasteiger partial charge in [-0.2, -0.15) is 0 Å². The Hall–Kier alpha value is -4.72. The summed E-state index contributed by atoms with van der Waals surface area (Å²) in [7, 11) is 0. The Morgan fingerprint density at radius 3 is 0.589 bits per heavy atom. The van der Waals surface area contributed by atoms with Gasteiger partial charge in [-0.05, 0) is 73.6 Å². The first-order valence-corrected chi connectivity index (χ1v) is 21.2. The minimum absolute atomic E-state index is 0.0924. The average molecular weight is 769 g/mol. The number of hydrogen-bond acceptors (Lipinski definition) is 8. The summed E-state index contributed by atoms with van der Waals surface area (Å²) in [4.78, 5) is 0. The van der Waals surface area contributed by atoms with Crippen LogP contribution in [0.15, 0.2) is 24.3 Å². The summed E-state index contributed by atoms with van der Waals surface area (Å²) < 4.78 is 0. The van der Waals surface area contributed by atoms with Crippen molar-refractivity contribution in [3.63, 3.8) is 0 Å². The predicted molar refractivity (Wildman–Crippen MR) is 223 cm³/mol. The third-order valence-electron chi connectivity index (χ3n) is 12.0. The summed E-state index contributed by atoms with van der Waals surface area (Å²) in [6.45, 7) is 8.46. The van der Waals surface area contributed by atoms with Crippen molar-refractivity contribution in [3.8, 4) is 46.0 Å². The number of phenolic OH excluding ortho intramolecular Hbond substituents is 8. The van der Waals surface area contributed by atoms with Gasteiger partial charge in [-0.25, -0.2) is 0 Å². The van der Waals surface area contributed by atoms with E-state index in [0.717, 1.165) is 99.3 Å². The summed E-state index contributed by atoms with van der Waals surface area (Å²) >= 11 is 0. The van der Waals surface area contributed by atoms with Crippen LogP contribution in [0.3, 0.4) is 0 Å². The lowest BCUT2D eigenvalue weighted by atomic mass is 9.80. The molecule has 8 nitrogen and oxygen atoms in total. The molecule has 1 aliphatic carbocycles. The van der Waals surface area contributed by atoms with Gasteiger partial charge in [0.1, 0.15) is 46.0 Å². The summed E-state index contributed by atoms with van der Waals surface area (Å²) in [6.07, 6.45) is 13.4. The van der Waals surface area contributed by atoms with Gasteiger partial charge in [0.15, 0.2) is 0 Å². The monoisotopic (exact) mass is 768 g/mol. The van der Waals surface area contributed by atoms with Crippen LogP contribution in [0.1, 0.15) is 172 Å². The predicted octanol–water partition coefficient (Wildman–Crippen LogP) is 10.9. The molecule has 5 rings (SSSR count). The Balaban J connectivity index is 1.92. The lowest BCUT2D eigenvalue weighted by Crippen LogP contribution is -2.12. The van der Waals surface area contributed by atoms with Gasteiger partial charge in [0.05, 0.1) is 0 Å². The van der Waals surface area contributed by atoms with Gasteiger partial charge in [-0.1, -0.05) is 79.1 Å². The number of unbranched alkanes of at least 4 members (excludes halogenated alkanes) is 8. The molecule has 4 aromatic carbocycles. The molecule has 8 bridgehead atoms. The van der Waals surface area contributed by atoms with E-state index in [1.807, 2.05) is 0 Å². The quantitative estimate of drug-likeness (QED) is 0.0460. The van der Waals surface area contributed by atoms with E-state index in [4.69, 9.17) is 0 Å². The first-order chi connectivity index (χ1) is 26.9. The second kappa shape index (κ2) is 19.4. The molecule has 8 N–H and O–H groups in total. The van der Waals surface area contributed by atoms with Crippen LogP contribution >= 0.6 is 0 Å². The molecular weight excluding hydrogens is 705 g/mol. The van der Waals surface area contributed by atoms with Crippen LogP contribution in [0.4, 0.5) is 0 Å². The zero-order valence-electron chi connectivity index (χ0n) is 34.0. The number of phenols is 8. The molecule has 0 aliphatic heterocycles. The van der Waals surface area contributed by atoms with Crippen LogP contribution < -0.4 is 0 Å². The van der Waals surface area contributed by atoms with E-state index in [0.29, 0.717) is 70.2 Å². The highest BCUT2D eigenvalue weighted by molar-refractivity contribution is 5.64. The van der Waals surface area contributed by atoms with Gasteiger partial charge >= 0.3 is 0 Å². The minimum Gasteiger partial charge on any atom is -0.508 e. The Labute approximate surface area is 333 Å². The van der Waals surface area contributed by atoms with E-state index >= 15 is 0 Å². The molecule has 8 heteroatoms. The summed E-state index contributed by atoms with van der Waals surface area (Å²) in [6, 6.07) is 5.41. The summed E-state index contributed by atoms with van der Waals surface area (Å²) in [5.74, 6) is -0.739. The Morgan fingerprint density at radius 1 is 0.286 bits per heavy atom. The van der Waals surface area contributed by atoms with E-state index in [1.54, 1.807) is 0 Å². The minimum atomic E-state index is -0.0924. The SMILES string of the molecule is CCCCCc1c2c(O)cc(O)c1Cc1c(O)cc(O)c(c1CCCCC)Cc1c(O)cc(O)c(c1CCCCC)Cc1c(O)cc(O)c(c1CCCCC)C2. The molecule has 0 heterocycles. The molecule has 0 unspecified atom stereocenters. The maximum Gasteiger partial charge on any atom is 0.123 e.